The molecule has 118 valence electrons. The molecular weight excluding hydrogens is 274 g/mol. The molecular formula is C17H25N5. The molecule has 0 saturated carbocycles. The van der Waals surface area contributed by atoms with Gasteiger partial charge in [-0.2, -0.15) is 0 Å². The molecule has 0 bridgehead atoms. The van der Waals surface area contributed by atoms with Gasteiger partial charge in [-0.25, -0.2) is 9.97 Å². The second-order valence-electron chi connectivity index (χ2n) is 6.73. The van der Waals surface area contributed by atoms with E-state index in [4.69, 9.17) is 4.98 Å². The molecule has 0 aromatic carbocycles. The first kappa shape index (κ1) is 14.2. The van der Waals surface area contributed by atoms with Crippen LogP contribution in [0.5, 0.6) is 0 Å². The largest absolute Gasteiger partial charge is 0.306 e. The third kappa shape index (κ3) is 2.52. The Morgan fingerprint density at radius 2 is 2.05 bits per heavy atom. The number of pyridine rings is 1. The molecule has 4 rings (SSSR count). The number of likely N-dealkylation sites (tertiary alicyclic amines) is 1. The lowest BCUT2D eigenvalue weighted by Crippen LogP contribution is -2.35. The zero-order chi connectivity index (χ0) is 14.9. The van der Waals surface area contributed by atoms with E-state index in [1.807, 2.05) is 12.3 Å². The van der Waals surface area contributed by atoms with Crippen molar-refractivity contribution in [3.8, 4) is 0 Å². The Labute approximate surface area is 131 Å². The standard InChI is InChI=1S/C17H25N5/c1-21-11-7-13(8-12-21)16-20-14-5-4-10-19-17(14)22(16)15-6-2-3-9-18-15/h4-5,10,13,15,18H,2-3,6-9,11-12H2,1H3. The van der Waals surface area contributed by atoms with Crippen LogP contribution in [0.25, 0.3) is 11.2 Å². The number of nitrogens with zero attached hydrogens (tertiary/aromatic N) is 4. The Morgan fingerprint density at radius 3 is 2.82 bits per heavy atom. The van der Waals surface area contributed by atoms with Crippen LogP contribution in [0.1, 0.15) is 50.0 Å². The molecule has 2 saturated heterocycles. The average molecular weight is 299 g/mol. The van der Waals surface area contributed by atoms with Crippen LogP contribution in [0.4, 0.5) is 0 Å². The van der Waals surface area contributed by atoms with Crippen molar-refractivity contribution in [1.29, 1.82) is 0 Å². The van der Waals surface area contributed by atoms with Crippen LogP contribution in [0.3, 0.4) is 0 Å². The smallest absolute Gasteiger partial charge is 0.161 e. The lowest BCUT2D eigenvalue weighted by atomic mass is 9.96. The summed E-state index contributed by atoms with van der Waals surface area (Å²) in [6, 6.07) is 4.09. The topological polar surface area (TPSA) is 46.0 Å². The van der Waals surface area contributed by atoms with Gasteiger partial charge >= 0.3 is 0 Å². The molecule has 5 heteroatoms. The van der Waals surface area contributed by atoms with Crippen LogP contribution in [0, 0.1) is 0 Å². The summed E-state index contributed by atoms with van der Waals surface area (Å²) in [5.74, 6) is 1.82. The summed E-state index contributed by atoms with van der Waals surface area (Å²) >= 11 is 0. The summed E-state index contributed by atoms with van der Waals surface area (Å²) in [6.07, 6.45) is 8.41. The van der Waals surface area contributed by atoms with Gasteiger partial charge in [0.2, 0.25) is 0 Å². The molecule has 2 aliphatic heterocycles. The molecule has 0 radical (unpaired) electrons. The molecule has 5 nitrogen and oxygen atoms in total. The van der Waals surface area contributed by atoms with Crippen molar-refractivity contribution in [2.75, 3.05) is 26.7 Å². The van der Waals surface area contributed by atoms with Crippen LogP contribution in [0.2, 0.25) is 0 Å². The minimum absolute atomic E-state index is 0.364. The summed E-state index contributed by atoms with van der Waals surface area (Å²) in [7, 11) is 2.21. The number of fused-ring (bicyclic) bond motifs is 1. The predicted octanol–water partition coefficient (Wildman–Crippen LogP) is 2.51. The number of nitrogens with one attached hydrogen (secondary N) is 1. The normalized spacial score (nSPS) is 24.9. The van der Waals surface area contributed by atoms with Gasteiger partial charge in [-0.3, -0.25) is 9.88 Å². The number of rotatable bonds is 2. The first-order valence-corrected chi connectivity index (χ1v) is 8.58. The maximum absolute atomic E-state index is 4.98. The molecule has 1 atom stereocenters. The molecule has 2 fully saturated rings. The van der Waals surface area contributed by atoms with Gasteiger partial charge in [0.15, 0.2) is 5.65 Å². The third-order valence-corrected chi connectivity index (χ3v) is 5.16. The fourth-order valence-electron chi connectivity index (χ4n) is 3.86. The molecule has 2 aliphatic rings. The Balaban J connectivity index is 1.75. The van der Waals surface area contributed by atoms with Gasteiger partial charge in [0, 0.05) is 12.1 Å². The average Bonchev–Trinajstić information content (AvgIpc) is 2.96. The highest BCUT2D eigenvalue weighted by atomic mass is 15.2. The summed E-state index contributed by atoms with van der Waals surface area (Å²) in [6.45, 7) is 3.43. The van der Waals surface area contributed by atoms with Gasteiger partial charge in [-0.05, 0) is 70.9 Å². The lowest BCUT2D eigenvalue weighted by Gasteiger charge is -2.32. The van der Waals surface area contributed by atoms with Gasteiger partial charge in [-0.15, -0.1) is 0 Å². The number of piperidine rings is 2. The van der Waals surface area contributed by atoms with Crippen LogP contribution in [-0.4, -0.2) is 46.1 Å². The van der Waals surface area contributed by atoms with Crippen molar-refractivity contribution in [3.05, 3.63) is 24.2 Å². The molecule has 2 aromatic rings. The van der Waals surface area contributed by atoms with Crippen molar-refractivity contribution in [3.63, 3.8) is 0 Å². The zero-order valence-electron chi connectivity index (χ0n) is 13.3. The summed E-state index contributed by atoms with van der Waals surface area (Å²) in [5.41, 5.74) is 2.10. The highest BCUT2D eigenvalue weighted by molar-refractivity contribution is 5.71. The lowest BCUT2D eigenvalue weighted by molar-refractivity contribution is 0.241. The number of hydrogen-bond donors (Lipinski definition) is 1. The van der Waals surface area contributed by atoms with Crippen molar-refractivity contribution in [2.45, 2.75) is 44.2 Å². The first-order valence-electron chi connectivity index (χ1n) is 8.58. The zero-order valence-corrected chi connectivity index (χ0v) is 13.3. The quantitative estimate of drug-likeness (QED) is 0.925. The molecule has 1 unspecified atom stereocenters. The van der Waals surface area contributed by atoms with E-state index in [-0.39, 0.29) is 0 Å². The van der Waals surface area contributed by atoms with Crippen molar-refractivity contribution in [2.24, 2.45) is 0 Å². The fourth-order valence-corrected chi connectivity index (χ4v) is 3.86. The van der Waals surface area contributed by atoms with E-state index in [0.717, 1.165) is 17.7 Å². The van der Waals surface area contributed by atoms with Gasteiger partial charge < -0.3 is 4.90 Å². The predicted molar refractivity (Wildman–Crippen MR) is 87.9 cm³/mol. The number of aromatic nitrogens is 3. The van der Waals surface area contributed by atoms with Gasteiger partial charge in [0.1, 0.15) is 11.3 Å². The second-order valence-corrected chi connectivity index (χ2v) is 6.73. The Kier molecular flexibility index (Phi) is 3.84. The van der Waals surface area contributed by atoms with Crippen molar-refractivity contribution >= 4 is 11.2 Å². The molecule has 0 amide bonds. The Morgan fingerprint density at radius 1 is 1.18 bits per heavy atom. The number of hydrogen-bond acceptors (Lipinski definition) is 4. The van der Waals surface area contributed by atoms with E-state index in [2.05, 4.69) is 32.9 Å². The highest BCUT2D eigenvalue weighted by Crippen LogP contribution is 2.32. The summed E-state index contributed by atoms with van der Waals surface area (Å²) < 4.78 is 2.41. The van der Waals surface area contributed by atoms with Crippen LogP contribution >= 0.6 is 0 Å². The summed E-state index contributed by atoms with van der Waals surface area (Å²) in [5, 5.41) is 3.67. The molecule has 22 heavy (non-hydrogen) atoms. The van der Waals surface area contributed by atoms with Crippen molar-refractivity contribution < 1.29 is 0 Å². The molecule has 1 N–H and O–H groups in total. The summed E-state index contributed by atoms with van der Waals surface area (Å²) in [4.78, 5) is 12.0. The molecule has 0 aliphatic carbocycles. The molecule has 2 aromatic heterocycles. The van der Waals surface area contributed by atoms with E-state index < -0.39 is 0 Å². The van der Waals surface area contributed by atoms with E-state index in [1.54, 1.807) is 0 Å². The van der Waals surface area contributed by atoms with Gasteiger partial charge in [0.05, 0.1) is 6.17 Å². The Bertz CT molecular complexity index is 636. The Hall–Kier alpha value is -1.46. The molecule has 0 spiro atoms. The van der Waals surface area contributed by atoms with Gasteiger partial charge in [-0.1, -0.05) is 0 Å². The van der Waals surface area contributed by atoms with E-state index in [9.17, 15) is 0 Å². The van der Waals surface area contributed by atoms with Gasteiger partial charge in [0.25, 0.3) is 0 Å². The number of imidazole rings is 1. The SMILES string of the molecule is CN1CCC(c2nc3cccnc3n2C2CCCCN2)CC1. The maximum atomic E-state index is 4.98. The monoisotopic (exact) mass is 299 g/mol. The van der Waals surface area contributed by atoms with E-state index >= 15 is 0 Å². The van der Waals surface area contributed by atoms with Crippen LogP contribution in [0.15, 0.2) is 18.3 Å². The third-order valence-electron chi connectivity index (χ3n) is 5.16. The molecule has 4 heterocycles. The second kappa shape index (κ2) is 5.97. The van der Waals surface area contributed by atoms with E-state index in [1.165, 1.54) is 51.0 Å². The minimum atomic E-state index is 0.364. The first-order chi connectivity index (χ1) is 10.8. The van der Waals surface area contributed by atoms with Crippen molar-refractivity contribution in [1.82, 2.24) is 24.8 Å². The van der Waals surface area contributed by atoms with E-state index in [0.29, 0.717) is 12.1 Å². The minimum Gasteiger partial charge on any atom is -0.306 e. The van der Waals surface area contributed by atoms with Crippen LogP contribution in [-0.2, 0) is 0 Å². The highest BCUT2D eigenvalue weighted by Gasteiger charge is 2.28. The maximum Gasteiger partial charge on any atom is 0.161 e. The van der Waals surface area contributed by atoms with Crippen LogP contribution < -0.4 is 5.32 Å². The fraction of sp³-hybridized carbons (Fsp3) is 0.647.